The van der Waals surface area contributed by atoms with Crippen LogP contribution in [0, 0.1) is 10.1 Å². The average Bonchev–Trinajstić information content (AvgIpc) is 2.47. The Hall–Kier alpha value is -1.92. The van der Waals surface area contributed by atoms with E-state index < -0.39 is 10.8 Å². The Morgan fingerprint density at radius 3 is 2.64 bits per heavy atom. The van der Waals surface area contributed by atoms with Crippen LogP contribution >= 0.6 is 27.5 Å². The van der Waals surface area contributed by atoms with Gasteiger partial charge >= 0.3 is 0 Å². The van der Waals surface area contributed by atoms with Gasteiger partial charge in [-0.2, -0.15) is 0 Å². The van der Waals surface area contributed by atoms with Crippen molar-refractivity contribution >= 4 is 39.1 Å². The lowest BCUT2D eigenvalue weighted by atomic mass is 10.1. The highest BCUT2D eigenvalue weighted by Gasteiger charge is 2.22. The van der Waals surface area contributed by atoms with Crippen molar-refractivity contribution in [1.82, 2.24) is 5.32 Å². The van der Waals surface area contributed by atoms with Gasteiger partial charge in [-0.25, -0.2) is 0 Å². The number of carbonyl (C=O) groups excluding carboxylic acids is 1. The Labute approximate surface area is 140 Å². The maximum absolute atomic E-state index is 12.3. The Morgan fingerprint density at radius 2 is 2.00 bits per heavy atom. The Morgan fingerprint density at radius 1 is 1.32 bits per heavy atom. The van der Waals surface area contributed by atoms with Crippen LogP contribution in [0.25, 0.3) is 0 Å². The molecule has 114 valence electrons. The first-order chi connectivity index (χ1) is 10.4. The number of amides is 1. The van der Waals surface area contributed by atoms with Crippen molar-refractivity contribution in [3.63, 3.8) is 0 Å². The number of nitro groups is 1. The van der Waals surface area contributed by atoms with E-state index in [0.29, 0.717) is 0 Å². The van der Waals surface area contributed by atoms with Gasteiger partial charge in [-0.05, 0) is 30.7 Å². The molecule has 0 spiro atoms. The predicted octanol–water partition coefficient (Wildman–Crippen LogP) is 4.50. The molecule has 0 bridgehead atoms. The van der Waals surface area contributed by atoms with Crippen LogP contribution in [-0.4, -0.2) is 10.8 Å². The summed E-state index contributed by atoms with van der Waals surface area (Å²) in [6.45, 7) is 1.80. The average molecular weight is 384 g/mol. The second kappa shape index (κ2) is 6.89. The number of benzene rings is 2. The quantitative estimate of drug-likeness (QED) is 0.624. The van der Waals surface area contributed by atoms with E-state index in [2.05, 4.69) is 21.2 Å². The van der Waals surface area contributed by atoms with Crippen molar-refractivity contribution in [3.8, 4) is 0 Å². The van der Waals surface area contributed by atoms with Crippen molar-refractivity contribution in [1.29, 1.82) is 0 Å². The van der Waals surface area contributed by atoms with Gasteiger partial charge in [-0.1, -0.05) is 45.7 Å². The fourth-order valence-electron chi connectivity index (χ4n) is 2.03. The first kappa shape index (κ1) is 16.5. The lowest BCUT2D eigenvalue weighted by molar-refractivity contribution is -0.385. The van der Waals surface area contributed by atoms with E-state index >= 15 is 0 Å². The van der Waals surface area contributed by atoms with E-state index in [1.54, 1.807) is 6.92 Å². The Balaban J connectivity index is 2.28. The van der Waals surface area contributed by atoms with Crippen LogP contribution in [-0.2, 0) is 0 Å². The molecule has 0 aliphatic heterocycles. The molecule has 1 amide bonds. The third kappa shape index (κ3) is 3.64. The van der Waals surface area contributed by atoms with E-state index in [9.17, 15) is 14.9 Å². The monoisotopic (exact) mass is 382 g/mol. The zero-order valence-electron chi connectivity index (χ0n) is 11.5. The molecule has 0 fully saturated rings. The summed E-state index contributed by atoms with van der Waals surface area (Å²) in [5.74, 6) is -0.544. The zero-order valence-corrected chi connectivity index (χ0v) is 13.9. The number of nitrogens with zero attached hydrogens (tertiary/aromatic N) is 1. The summed E-state index contributed by atoms with van der Waals surface area (Å²) in [5.41, 5.74) is 0.540. The first-order valence-electron chi connectivity index (χ1n) is 6.39. The molecule has 1 N–H and O–H groups in total. The van der Waals surface area contributed by atoms with E-state index in [0.717, 1.165) is 10.0 Å². The highest BCUT2D eigenvalue weighted by atomic mass is 79.9. The zero-order chi connectivity index (χ0) is 16.3. The summed E-state index contributed by atoms with van der Waals surface area (Å²) in [7, 11) is 0. The van der Waals surface area contributed by atoms with Crippen molar-refractivity contribution in [3.05, 3.63) is 73.2 Å². The summed E-state index contributed by atoms with van der Waals surface area (Å²) >= 11 is 9.25. The Kier molecular flexibility index (Phi) is 5.15. The second-order valence-corrected chi connectivity index (χ2v) is 5.93. The molecule has 0 aliphatic carbocycles. The predicted molar refractivity (Wildman–Crippen MR) is 88.1 cm³/mol. The van der Waals surface area contributed by atoms with Crippen LogP contribution in [0.4, 0.5) is 5.69 Å². The Bertz CT molecular complexity index is 736. The van der Waals surface area contributed by atoms with Gasteiger partial charge in [-0.3, -0.25) is 14.9 Å². The maximum atomic E-state index is 12.3. The molecular formula is C15H12BrClN2O3. The summed E-state index contributed by atoms with van der Waals surface area (Å²) in [6.07, 6.45) is 0. The summed E-state index contributed by atoms with van der Waals surface area (Å²) in [6, 6.07) is 11.0. The van der Waals surface area contributed by atoms with Gasteiger partial charge in [-0.15, -0.1) is 0 Å². The summed E-state index contributed by atoms with van der Waals surface area (Å²) < 4.78 is 0.850. The van der Waals surface area contributed by atoms with Crippen molar-refractivity contribution < 1.29 is 9.72 Å². The standard InChI is InChI=1S/C15H12BrClN2O3/c1-9(11-4-2-3-5-13(11)16)18-15(20)12-8-10(17)6-7-14(12)19(21)22/h2-9H,1H3,(H,18,20). The lowest BCUT2D eigenvalue weighted by Gasteiger charge is -2.16. The maximum Gasteiger partial charge on any atom is 0.282 e. The number of halogens is 2. The molecule has 0 radical (unpaired) electrons. The highest BCUT2D eigenvalue weighted by molar-refractivity contribution is 9.10. The molecule has 2 aromatic rings. The highest BCUT2D eigenvalue weighted by Crippen LogP contribution is 2.26. The molecule has 0 heterocycles. The van der Waals surface area contributed by atoms with E-state index in [1.807, 2.05) is 24.3 Å². The number of nitrogens with one attached hydrogen (secondary N) is 1. The molecule has 5 nitrogen and oxygen atoms in total. The minimum absolute atomic E-state index is 0.0589. The molecule has 1 atom stereocenters. The van der Waals surface area contributed by atoms with Gasteiger partial charge < -0.3 is 5.32 Å². The largest absolute Gasteiger partial charge is 0.345 e. The number of hydrogen-bond donors (Lipinski definition) is 1. The smallest absolute Gasteiger partial charge is 0.282 e. The molecule has 0 saturated carbocycles. The summed E-state index contributed by atoms with van der Waals surface area (Å²) in [4.78, 5) is 22.7. The van der Waals surface area contributed by atoms with Gasteiger partial charge in [0.1, 0.15) is 5.56 Å². The van der Waals surface area contributed by atoms with Gasteiger partial charge in [0.25, 0.3) is 11.6 Å². The van der Waals surface area contributed by atoms with Crippen LogP contribution in [0.1, 0.15) is 28.9 Å². The van der Waals surface area contributed by atoms with E-state index in [4.69, 9.17) is 11.6 Å². The van der Waals surface area contributed by atoms with Crippen molar-refractivity contribution in [2.45, 2.75) is 13.0 Å². The molecule has 1 unspecified atom stereocenters. The van der Waals surface area contributed by atoms with Crippen LogP contribution in [0.3, 0.4) is 0 Å². The van der Waals surface area contributed by atoms with Crippen molar-refractivity contribution in [2.75, 3.05) is 0 Å². The lowest BCUT2D eigenvalue weighted by Crippen LogP contribution is -2.27. The molecule has 0 aliphatic rings. The molecule has 0 aromatic heterocycles. The molecular weight excluding hydrogens is 372 g/mol. The van der Waals surface area contributed by atoms with Crippen molar-refractivity contribution in [2.24, 2.45) is 0 Å². The minimum Gasteiger partial charge on any atom is -0.345 e. The number of nitro benzene ring substituents is 1. The van der Waals surface area contributed by atoms with Gasteiger partial charge in [0, 0.05) is 15.6 Å². The second-order valence-electron chi connectivity index (χ2n) is 4.64. The SMILES string of the molecule is CC(NC(=O)c1cc(Cl)ccc1[N+](=O)[O-])c1ccccc1Br. The van der Waals surface area contributed by atoms with Crippen LogP contribution in [0.2, 0.25) is 5.02 Å². The molecule has 0 saturated heterocycles. The van der Waals surface area contributed by atoms with Crippen LogP contribution in [0.15, 0.2) is 46.9 Å². The van der Waals surface area contributed by atoms with Gasteiger partial charge in [0.2, 0.25) is 0 Å². The number of rotatable bonds is 4. The normalized spacial score (nSPS) is 11.8. The van der Waals surface area contributed by atoms with E-state index in [-0.39, 0.29) is 22.3 Å². The molecule has 2 aromatic carbocycles. The van der Waals surface area contributed by atoms with Crippen LogP contribution in [0.5, 0.6) is 0 Å². The number of carbonyl (C=O) groups is 1. The minimum atomic E-state index is -0.603. The molecule has 7 heteroatoms. The van der Waals surface area contributed by atoms with Gasteiger partial charge in [0.05, 0.1) is 11.0 Å². The molecule has 22 heavy (non-hydrogen) atoms. The first-order valence-corrected chi connectivity index (χ1v) is 7.56. The van der Waals surface area contributed by atoms with Gasteiger partial charge in [0.15, 0.2) is 0 Å². The number of hydrogen-bond acceptors (Lipinski definition) is 3. The third-order valence-corrected chi connectivity index (χ3v) is 4.08. The third-order valence-electron chi connectivity index (χ3n) is 3.12. The molecule has 2 rings (SSSR count). The fourth-order valence-corrected chi connectivity index (χ4v) is 2.83. The summed E-state index contributed by atoms with van der Waals surface area (Å²) in [5, 5.41) is 14.0. The fraction of sp³-hybridized carbons (Fsp3) is 0.133. The van der Waals surface area contributed by atoms with E-state index in [1.165, 1.54) is 18.2 Å². The topological polar surface area (TPSA) is 72.2 Å². The van der Waals surface area contributed by atoms with Crippen LogP contribution < -0.4 is 5.32 Å².